The molecule has 0 fully saturated rings. The number of nitrogens with one attached hydrogen (secondary N) is 1. The van der Waals surface area contributed by atoms with E-state index in [9.17, 15) is 49.5 Å². The van der Waals surface area contributed by atoms with Gasteiger partial charge in [-0.05, 0) is 77.1 Å². The number of hydrogen-bond acceptors (Lipinski definition) is 10. The van der Waals surface area contributed by atoms with Crippen LogP contribution < -0.4 is 20.9 Å². The highest BCUT2D eigenvalue weighted by Crippen LogP contribution is 2.56. The average Bonchev–Trinajstić information content (AvgIpc) is 3.16. The number of benzene rings is 5. The number of allylic oxidation sites excluding steroid dienone is 1. The van der Waals surface area contributed by atoms with Crippen molar-refractivity contribution in [2.75, 3.05) is 19.0 Å². The molecule has 5 aromatic carbocycles. The number of carbonyl (C=O) groups excluding carboxylic acids is 1. The van der Waals surface area contributed by atoms with E-state index in [0.29, 0.717) is 43.6 Å². The number of aliphatic carboxylic acids is 2. The van der Waals surface area contributed by atoms with Gasteiger partial charge in [0.05, 0.1) is 49.1 Å². The molecule has 0 bridgehead atoms. The molecule has 248 valence electrons. The second-order valence-electron chi connectivity index (χ2n) is 12.2. The van der Waals surface area contributed by atoms with Gasteiger partial charge in [-0.3, -0.25) is 24.0 Å². The SMILES string of the molecule is COc1c(NCCC(=O)O)c2c(=O)cc(CO)c3c4c(CO)cc(=O)c5c(O)c(CCCC(=O)O)c6c(c(c1C(C(C)=O)C(C)=C6)c23)c54. The lowest BCUT2D eigenvalue weighted by Crippen LogP contribution is -2.18. The first kappa shape index (κ1) is 32.6. The number of ether oxygens (including phenoxy) is 1. The zero-order valence-corrected chi connectivity index (χ0v) is 26.4. The monoisotopic (exact) mass is 655 g/mol. The van der Waals surface area contributed by atoms with Crippen LogP contribution in [0.3, 0.4) is 0 Å². The molecule has 5 aromatic rings. The summed E-state index contributed by atoms with van der Waals surface area (Å²) in [5.74, 6) is -3.64. The van der Waals surface area contributed by atoms with Crippen molar-refractivity contribution >= 4 is 72.6 Å². The van der Waals surface area contributed by atoms with E-state index in [1.165, 1.54) is 26.2 Å². The predicted octanol–water partition coefficient (Wildman–Crippen LogP) is 3.98. The Hall–Kier alpha value is -5.33. The highest BCUT2D eigenvalue weighted by atomic mass is 16.5. The highest BCUT2D eigenvalue weighted by Gasteiger charge is 2.36. The van der Waals surface area contributed by atoms with E-state index in [2.05, 4.69) is 5.32 Å². The van der Waals surface area contributed by atoms with E-state index >= 15 is 0 Å². The molecule has 6 rings (SSSR count). The first-order valence-electron chi connectivity index (χ1n) is 15.4. The van der Waals surface area contributed by atoms with Gasteiger partial charge in [0.2, 0.25) is 0 Å². The molecule has 0 spiro atoms. The Bertz CT molecular complexity index is 2360. The molecule has 6 N–H and O–H groups in total. The zero-order chi connectivity index (χ0) is 34.8. The standard InChI is InChI=1S/C36H33NO11/c1-14-9-19-18(5-4-6-22(43)44)35(47)29-21(42)11-17(13-39)25-26-16(12-38)10-20(41)28-31(26)32(27(19)30(25)29)33(24(14)15(2)40)36(48-3)34(28)37-8-7-23(45)46/h9-11,24,37-39,47H,4-8,12-13H2,1-3H3,(H,43,44)(H,45,46). The Morgan fingerprint density at radius 3 is 1.96 bits per heavy atom. The molecule has 0 heterocycles. The number of aliphatic hydroxyl groups excluding tert-OH is 2. The first-order chi connectivity index (χ1) is 22.9. The number of carbonyl (C=O) groups is 3. The van der Waals surface area contributed by atoms with Crippen molar-refractivity contribution in [3.8, 4) is 11.5 Å². The molecule has 1 unspecified atom stereocenters. The number of ketones is 1. The molecule has 12 nitrogen and oxygen atoms in total. The van der Waals surface area contributed by atoms with Crippen LogP contribution in [0.25, 0.3) is 49.2 Å². The molecule has 1 atom stereocenters. The summed E-state index contributed by atoms with van der Waals surface area (Å²) in [6.45, 7) is 1.81. The quantitative estimate of drug-likeness (QED) is 0.0834. The van der Waals surface area contributed by atoms with Crippen LogP contribution in [-0.4, -0.2) is 56.9 Å². The van der Waals surface area contributed by atoms with Crippen LogP contribution in [0.4, 0.5) is 5.69 Å². The van der Waals surface area contributed by atoms with Crippen molar-refractivity contribution in [1.82, 2.24) is 0 Å². The van der Waals surface area contributed by atoms with Crippen molar-refractivity contribution in [2.24, 2.45) is 0 Å². The van der Waals surface area contributed by atoms with Crippen molar-refractivity contribution in [3.05, 3.63) is 66.0 Å². The number of aliphatic hydroxyl groups is 2. The fraction of sp³-hybridized carbons (Fsp3) is 0.306. The molecule has 0 aliphatic heterocycles. The molecule has 12 heteroatoms. The van der Waals surface area contributed by atoms with Crippen LogP contribution in [0.1, 0.15) is 66.8 Å². The summed E-state index contributed by atoms with van der Waals surface area (Å²) < 4.78 is 5.97. The Morgan fingerprint density at radius 1 is 0.833 bits per heavy atom. The number of hydrogen-bond donors (Lipinski definition) is 6. The zero-order valence-electron chi connectivity index (χ0n) is 26.4. The van der Waals surface area contributed by atoms with E-state index in [0.717, 1.165) is 0 Å². The number of methoxy groups -OCH3 is 1. The first-order valence-corrected chi connectivity index (χ1v) is 15.4. The van der Waals surface area contributed by atoms with Gasteiger partial charge in [0.25, 0.3) is 0 Å². The summed E-state index contributed by atoms with van der Waals surface area (Å²) in [7, 11) is 1.36. The normalized spacial score (nSPS) is 14.3. The molecular weight excluding hydrogens is 622 g/mol. The summed E-state index contributed by atoms with van der Waals surface area (Å²) in [5, 5.41) is 56.8. The predicted molar refractivity (Wildman–Crippen MR) is 180 cm³/mol. The van der Waals surface area contributed by atoms with Crippen LogP contribution in [0, 0.1) is 0 Å². The van der Waals surface area contributed by atoms with E-state index in [1.54, 1.807) is 13.0 Å². The lowest BCUT2D eigenvalue weighted by Gasteiger charge is -2.27. The van der Waals surface area contributed by atoms with Crippen LogP contribution >= 0.6 is 0 Å². The third-order valence-corrected chi connectivity index (χ3v) is 9.38. The van der Waals surface area contributed by atoms with E-state index in [4.69, 9.17) is 4.74 Å². The van der Waals surface area contributed by atoms with Gasteiger partial charge >= 0.3 is 11.9 Å². The van der Waals surface area contributed by atoms with Crippen LogP contribution in [0.15, 0.2) is 27.3 Å². The number of rotatable bonds is 12. The van der Waals surface area contributed by atoms with Crippen molar-refractivity contribution in [2.45, 2.75) is 58.7 Å². The lowest BCUT2D eigenvalue weighted by atomic mass is 9.78. The maximum Gasteiger partial charge on any atom is 0.305 e. The van der Waals surface area contributed by atoms with Crippen molar-refractivity contribution in [1.29, 1.82) is 0 Å². The third-order valence-electron chi connectivity index (χ3n) is 9.38. The molecule has 0 radical (unpaired) electrons. The maximum atomic E-state index is 14.1. The topological polar surface area (TPSA) is 208 Å². The minimum atomic E-state index is -1.09. The van der Waals surface area contributed by atoms with E-state index < -0.39 is 41.9 Å². The fourth-order valence-electron chi connectivity index (χ4n) is 7.65. The van der Waals surface area contributed by atoms with Gasteiger partial charge in [-0.15, -0.1) is 0 Å². The molecule has 1 aliphatic rings. The minimum Gasteiger partial charge on any atom is -0.507 e. The summed E-state index contributed by atoms with van der Waals surface area (Å²) in [4.78, 5) is 64.4. The van der Waals surface area contributed by atoms with Gasteiger partial charge in [0.15, 0.2) is 10.9 Å². The van der Waals surface area contributed by atoms with E-state index in [-0.39, 0.29) is 88.0 Å². The molecular formula is C36H33NO11. The van der Waals surface area contributed by atoms with E-state index in [1.807, 2.05) is 0 Å². The number of Topliss-reactive ketones (excluding diaryl/α,β-unsaturated/α-hetero) is 1. The molecule has 0 amide bonds. The largest absolute Gasteiger partial charge is 0.507 e. The Labute approximate surface area is 272 Å². The van der Waals surface area contributed by atoms with Crippen molar-refractivity contribution in [3.63, 3.8) is 0 Å². The molecule has 0 saturated carbocycles. The second kappa shape index (κ2) is 12.0. The number of phenols is 1. The molecule has 0 aromatic heterocycles. The summed E-state index contributed by atoms with van der Waals surface area (Å²) >= 11 is 0. The maximum absolute atomic E-state index is 14.1. The second-order valence-corrected chi connectivity index (χ2v) is 12.2. The smallest absolute Gasteiger partial charge is 0.305 e. The Balaban J connectivity index is 2.02. The number of carboxylic acid groups (broad SMARTS) is 2. The van der Waals surface area contributed by atoms with Gasteiger partial charge in [0, 0.05) is 34.9 Å². The van der Waals surface area contributed by atoms with Crippen LogP contribution in [0.2, 0.25) is 0 Å². The number of anilines is 1. The summed E-state index contributed by atoms with van der Waals surface area (Å²) in [6.07, 6.45) is 1.37. The van der Waals surface area contributed by atoms with Crippen LogP contribution in [-0.2, 0) is 34.0 Å². The number of carboxylic acids is 2. The molecule has 0 saturated heterocycles. The van der Waals surface area contributed by atoms with Gasteiger partial charge in [-0.25, -0.2) is 0 Å². The lowest BCUT2D eigenvalue weighted by molar-refractivity contribution is -0.137. The number of aromatic hydroxyl groups is 1. The fourth-order valence-corrected chi connectivity index (χ4v) is 7.65. The van der Waals surface area contributed by atoms with Crippen molar-refractivity contribution < 1.29 is 44.7 Å². The number of phenolic OH excluding ortho intramolecular Hbond substituents is 1. The van der Waals surface area contributed by atoms with Gasteiger partial charge in [-0.2, -0.15) is 0 Å². The van der Waals surface area contributed by atoms with Gasteiger partial charge in [-0.1, -0.05) is 11.6 Å². The van der Waals surface area contributed by atoms with Gasteiger partial charge in [0.1, 0.15) is 17.3 Å². The van der Waals surface area contributed by atoms with Gasteiger partial charge < -0.3 is 35.6 Å². The summed E-state index contributed by atoms with van der Waals surface area (Å²) in [5.41, 5.74) is 0.955. The minimum absolute atomic E-state index is 0.0578. The Kier molecular flexibility index (Phi) is 8.18. The summed E-state index contributed by atoms with van der Waals surface area (Å²) in [6, 6.07) is 2.43. The Morgan fingerprint density at radius 2 is 1.42 bits per heavy atom. The molecule has 48 heavy (non-hydrogen) atoms. The average molecular weight is 656 g/mol. The molecule has 1 aliphatic carbocycles. The third kappa shape index (κ3) is 4.70. The number of fused-ring (bicyclic) bond motifs is 1. The highest BCUT2D eigenvalue weighted by molar-refractivity contribution is 6.39. The van der Waals surface area contributed by atoms with Crippen LogP contribution in [0.5, 0.6) is 11.5 Å².